The monoisotopic (exact) mass is 240 g/mol. The molecule has 0 aliphatic heterocycles. The van der Waals surface area contributed by atoms with E-state index in [0.29, 0.717) is 0 Å². The van der Waals surface area contributed by atoms with Crippen LogP contribution in [0.4, 0.5) is 0 Å². The lowest BCUT2D eigenvalue weighted by Gasteiger charge is -2.01. The zero-order valence-electron chi connectivity index (χ0n) is 9.69. The summed E-state index contributed by atoms with van der Waals surface area (Å²) in [5, 5.41) is 0. The van der Waals surface area contributed by atoms with E-state index in [2.05, 4.69) is 9.97 Å². The van der Waals surface area contributed by atoms with Crippen molar-refractivity contribution in [2.45, 2.75) is 6.61 Å². The van der Waals surface area contributed by atoms with Crippen molar-refractivity contribution in [2.75, 3.05) is 0 Å². The quantitative estimate of drug-likeness (QED) is 0.607. The van der Waals surface area contributed by atoms with Gasteiger partial charge in [-0.2, -0.15) is 0 Å². The number of ether oxygens (including phenoxy) is 1. The Bertz CT molecular complexity index is 524. The van der Waals surface area contributed by atoms with Crippen LogP contribution in [-0.2, 0) is 16.1 Å². The molecular formula is C14H12N2O2. The molecular weight excluding hydrogens is 228 g/mol. The summed E-state index contributed by atoms with van der Waals surface area (Å²) in [6.07, 6.45) is 7.65. The fourth-order valence-electron chi connectivity index (χ4n) is 1.34. The minimum Gasteiger partial charge on any atom is -0.458 e. The van der Waals surface area contributed by atoms with Gasteiger partial charge in [0.2, 0.25) is 0 Å². The molecule has 90 valence electrons. The highest BCUT2D eigenvalue weighted by atomic mass is 16.5. The summed E-state index contributed by atoms with van der Waals surface area (Å²) in [5.41, 5.74) is 1.72. The molecule has 1 aromatic carbocycles. The van der Waals surface area contributed by atoms with Crippen LogP contribution in [0.1, 0.15) is 11.1 Å². The number of hydrogen-bond acceptors (Lipinski definition) is 4. The second kappa shape index (κ2) is 6.30. The Morgan fingerprint density at radius 3 is 2.61 bits per heavy atom. The van der Waals surface area contributed by atoms with Gasteiger partial charge >= 0.3 is 5.97 Å². The molecule has 2 rings (SSSR count). The normalized spacial score (nSPS) is 10.4. The van der Waals surface area contributed by atoms with Crippen LogP contribution in [0.2, 0.25) is 0 Å². The molecule has 18 heavy (non-hydrogen) atoms. The van der Waals surface area contributed by atoms with Crippen LogP contribution in [0.15, 0.2) is 55.1 Å². The first-order chi connectivity index (χ1) is 8.84. The predicted molar refractivity (Wildman–Crippen MR) is 67.3 cm³/mol. The van der Waals surface area contributed by atoms with E-state index in [-0.39, 0.29) is 12.6 Å². The first kappa shape index (κ1) is 12.0. The Hall–Kier alpha value is -2.49. The number of benzene rings is 1. The van der Waals surface area contributed by atoms with Gasteiger partial charge in [-0.25, -0.2) is 14.8 Å². The highest BCUT2D eigenvalue weighted by molar-refractivity contribution is 5.86. The standard InChI is InChI=1S/C14H12N2O2/c17-14(7-6-13-8-15-11-16-9-13)18-10-12-4-2-1-3-5-12/h1-9,11H,10H2. The molecule has 0 bridgehead atoms. The highest BCUT2D eigenvalue weighted by Gasteiger charge is 1.98. The molecule has 0 aliphatic rings. The van der Waals surface area contributed by atoms with Gasteiger partial charge < -0.3 is 4.74 Å². The van der Waals surface area contributed by atoms with Crippen LogP contribution in [-0.4, -0.2) is 15.9 Å². The molecule has 0 amide bonds. The summed E-state index contributed by atoms with van der Waals surface area (Å²) in [7, 11) is 0. The van der Waals surface area contributed by atoms with E-state index < -0.39 is 0 Å². The van der Waals surface area contributed by atoms with Crippen LogP contribution in [0.25, 0.3) is 6.08 Å². The average molecular weight is 240 g/mol. The van der Waals surface area contributed by atoms with Gasteiger partial charge in [0.25, 0.3) is 0 Å². The average Bonchev–Trinajstić information content (AvgIpc) is 2.45. The summed E-state index contributed by atoms with van der Waals surface area (Å²) in [6, 6.07) is 9.53. The van der Waals surface area contributed by atoms with Crippen LogP contribution in [0.3, 0.4) is 0 Å². The molecule has 1 aromatic heterocycles. The summed E-state index contributed by atoms with van der Waals surface area (Å²) in [4.78, 5) is 19.1. The minimum atomic E-state index is -0.386. The Morgan fingerprint density at radius 2 is 1.89 bits per heavy atom. The number of rotatable bonds is 4. The molecule has 0 atom stereocenters. The van der Waals surface area contributed by atoms with E-state index in [1.54, 1.807) is 18.5 Å². The van der Waals surface area contributed by atoms with Crippen molar-refractivity contribution >= 4 is 12.0 Å². The molecule has 0 saturated heterocycles. The fourth-order valence-corrected chi connectivity index (χ4v) is 1.34. The van der Waals surface area contributed by atoms with Crippen molar-refractivity contribution < 1.29 is 9.53 Å². The summed E-state index contributed by atoms with van der Waals surface area (Å²) >= 11 is 0. The van der Waals surface area contributed by atoms with Gasteiger partial charge in [-0.05, 0) is 11.6 Å². The summed E-state index contributed by atoms with van der Waals surface area (Å²) in [5.74, 6) is -0.386. The number of hydrogen-bond donors (Lipinski definition) is 0. The molecule has 0 radical (unpaired) electrons. The number of carbonyl (C=O) groups is 1. The lowest BCUT2D eigenvalue weighted by molar-refractivity contribution is -0.138. The summed E-state index contributed by atoms with van der Waals surface area (Å²) in [6.45, 7) is 0.273. The molecule has 4 nitrogen and oxygen atoms in total. The first-order valence-corrected chi connectivity index (χ1v) is 5.48. The third-order valence-corrected chi connectivity index (χ3v) is 2.22. The molecule has 0 fully saturated rings. The maximum Gasteiger partial charge on any atom is 0.331 e. The van der Waals surface area contributed by atoms with Crippen molar-refractivity contribution in [1.29, 1.82) is 0 Å². The molecule has 0 spiro atoms. The van der Waals surface area contributed by atoms with E-state index in [4.69, 9.17) is 4.74 Å². The van der Waals surface area contributed by atoms with Gasteiger partial charge in [0.15, 0.2) is 0 Å². The van der Waals surface area contributed by atoms with Gasteiger partial charge in [-0.15, -0.1) is 0 Å². The van der Waals surface area contributed by atoms with Crippen LogP contribution in [0, 0.1) is 0 Å². The molecule has 0 N–H and O–H groups in total. The predicted octanol–water partition coefficient (Wildman–Crippen LogP) is 2.23. The van der Waals surface area contributed by atoms with Gasteiger partial charge in [-0.3, -0.25) is 0 Å². The van der Waals surface area contributed by atoms with Crippen molar-refractivity contribution in [3.05, 3.63) is 66.3 Å². The van der Waals surface area contributed by atoms with Gasteiger partial charge in [-0.1, -0.05) is 30.3 Å². The van der Waals surface area contributed by atoms with Gasteiger partial charge in [0.1, 0.15) is 12.9 Å². The maximum absolute atomic E-state index is 11.4. The second-order valence-electron chi connectivity index (χ2n) is 3.60. The van der Waals surface area contributed by atoms with Crippen molar-refractivity contribution in [2.24, 2.45) is 0 Å². The Labute approximate surface area is 105 Å². The van der Waals surface area contributed by atoms with E-state index in [9.17, 15) is 4.79 Å². The number of esters is 1. The van der Waals surface area contributed by atoms with E-state index in [0.717, 1.165) is 11.1 Å². The van der Waals surface area contributed by atoms with Crippen LogP contribution < -0.4 is 0 Å². The Kier molecular flexibility index (Phi) is 4.19. The lowest BCUT2D eigenvalue weighted by Crippen LogP contribution is -2.00. The Balaban J connectivity index is 1.84. The Morgan fingerprint density at radius 1 is 1.17 bits per heavy atom. The molecule has 0 unspecified atom stereocenters. The van der Waals surface area contributed by atoms with E-state index >= 15 is 0 Å². The second-order valence-corrected chi connectivity index (χ2v) is 3.60. The molecule has 4 heteroatoms. The number of nitrogens with zero attached hydrogens (tertiary/aromatic N) is 2. The smallest absolute Gasteiger partial charge is 0.331 e. The third-order valence-electron chi connectivity index (χ3n) is 2.22. The minimum absolute atomic E-state index is 0.273. The largest absolute Gasteiger partial charge is 0.458 e. The third kappa shape index (κ3) is 3.83. The molecule has 0 saturated carbocycles. The molecule has 1 heterocycles. The van der Waals surface area contributed by atoms with E-state index in [1.807, 2.05) is 30.3 Å². The van der Waals surface area contributed by atoms with Crippen molar-refractivity contribution in [1.82, 2.24) is 9.97 Å². The first-order valence-electron chi connectivity index (χ1n) is 5.48. The van der Waals surface area contributed by atoms with Gasteiger partial charge in [0, 0.05) is 24.0 Å². The van der Waals surface area contributed by atoms with Crippen LogP contribution >= 0.6 is 0 Å². The lowest BCUT2D eigenvalue weighted by atomic mass is 10.2. The topological polar surface area (TPSA) is 52.1 Å². The molecule has 2 aromatic rings. The van der Waals surface area contributed by atoms with Crippen LogP contribution in [0.5, 0.6) is 0 Å². The molecule has 0 aliphatic carbocycles. The van der Waals surface area contributed by atoms with Crippen molar-refractivity contribution in [3.8, 4) is 0 Å². The SMILES string of the molecule is O=C(C=Cc1cncnc1)OCc1ccccc1. The fraction of sp³-hybridized carbons (Fsp3) is 0.0714. The van der Waals surface area contributed by atoms with Crippen molar-refractivity contribution in [3.63, 3.8) is 0 Å². The number of aromatic nitrogens is 2. The zero-order chi connectivity index (χ0) is 12.6. The zero-order valence-corrected chi connectivity index (χ0v) is 9.69. The van der Waals surface area contributed by atoms with E-state index in [1.165, 1.54) is 12.4 Å². The van der Waals surface area contributed by atoms with Gasteiger partial charge in [0.05, 0.1) is 0 Å². The highest BCUT2D eigenvalue weighted by Crippen LogP contribution is 2.02. The maximum atomic E-state index is 11.4. The number of carbonyl (C=O) groups excluding carboxylic acids is 1. The summed E-state index contributed by atoms with van der Waals surface area (Å²) < 4.78 is 5.08.